The number of hydrogen-bond acceptors (Lipinski definition) is 4. The van der Waals surface area contributed by atoms with Crippen LogP contribution in [0.2, 0.25) is 0 Å². The molecule has 0 aromatic carbocycles. The van der Waals surface area contributed by atoms with Crippen molar-refractivity contribution in [3.8, 4) is 0 Å². The van der Waals surface area contributed by atoms with Crippen molar-refractivity contribution in [1.82, 2.24) is 0 Å². The zero-order valence-electron chi connectivity index (χ0n) is 6.51. The maximum atomic E-state index is 8.88. The van der Waals surface area contributed by atoms with E-state index >= 15 is 0 Å². The SMILES string of the molecule is O=P(O)(O)O.O=P(O)(O)O.O=S(=O)(O)O.[BaH2].[CaH2].[CaH2].[CaH2]. The molecule has 0 aliphatic carbocycles. The topological polar surface area (TPSA) is 230 Å². The summed E-state index contributed by atoms with van der Waals surface area (Å²) in [4.78, 5) is 43.1. The van der Waals surface area contributed by atoms with Gasteiger partial charge >= 0.3 is 188 Å². The molecule has 0 saturated heterocycles. The predicted octanol–water partition coefficient (Wildman–Crippen LogP) is -6.17. The molecule has 0 aromatic rings. The summed E-state index contributed by atoms with van der Waals surface area (Å²) in [6, 6.07) is 0. The van der Waals surface area contributed by atoms with Crippen LogP contribution in [0, 0.1) is 0 Å². The standard InChI is InChI=1S/Ba.3Ca.2H3O4P.H2O4S.8H/c;;;;3*1-5(2,3)4;;;;;;;;/h;;;;2*(H3,1,2,3,4);(H2,1,2,3,4);;;;;;;;. The predicted molar refractivity (Wildman–Crippen MR) is 76.9 cm³/mol. The molecule has 12 nitrogen and oxygen atoms in total. The fourth-order valence-corrected chi connectivity index (χ4v) is 0. The van der Waals surface area contributed by atoms with Crippen molar-refractivity contribution in [2.75, 3.05) is 0 Å². The summed E-state index contributed by atoms with van der Waals surface area (Å²) in [5.74, 6) is 0. The third-order valence-electron chi connectivity index (χ3n) is 0. The van der Waals surface area contributed by atoms with Crippen LogP contribution in [-0.2, 0) is 19.5 Å². The van der Waals surface area contributed by atoms with E-state index in [4.69, 9.17) is 56.0 Å². The van der Waals surface area contributed by atoms with E-state index in [2.05, 4.69) is 0 Å². The summed E-state index contributed by atoms with van der Waals surface area (Å²) in [6.07, 6.45) is 0. The van der Waals surface area contributed by atoms with E-state index in [-0.39, 0.29) is 162 Å². The van der Waals surface area contributed by atoms with Gasteiger partial charge in [0.25, 0.3) is 0 Å². The Bertz CT molecular complexity index is 295. The van der Waals surface area contributed by atoms with Gasteiger partial charge in [-0.25, -0.2) is 9.13 Å². The fraction of sp³-hybridized carbons (Fsp3) is 0. The van der Waals surface area contributed by atoms with Gasteiger partial charge in [0.15, 0.2) is 0 Å². The fourth-order valence-electron chi connectivity index (χ4n) is 0. The van der Waals surface area contributed by atoms with Crippen LogP contribution in [0.5, 0.6) is 0 Å². The molecule has 0 spiro atoms. The molecule has 0 heterocycles. The first-order valence-electron chi connectivity index (χ1n) is 2.26. The van der Waals surface area contributed by atoms with Gasteiger partial charge in [-0.1, -0.05) is 0 Å². The second-order valence-electron chi connectivity index (χ2n) is 1.47. The molecule has 112 valence electrons. The molecule has 0 bridgehead atoms. The van der Waals surface area contributed by atoms with Crippen molar-refractivity contribution in [1.29, 1.82) is 0 Å². The molecule has 0 radical (unpaired) electrons. The van der Waals surface area contributed by atoms with Crippen LogP contribution in [0.3, 0.4) is 0 Å². The van der Waals surface area contributed by atoms with Crippen molar-refractivity contribution in [3.05, 3.63) is 0 Å². The second-order valence-corrected chi connectivity index (χ2v) is 4.42. The van der Waals surface area contributed by atoms with Gasteiger partial charge in [0, 0.05) is 0 Å². The van der Waals surface area contributed by atoms with E-state index in [1.54, 1.807) is 0 Å². The van der Waals surface area contributed by atoms with Gasteiger partial charge in [-0.05, 0) is 0 Å². The zero-order chi connectivity index (χ0) is 13.5. The Morgan fingerprint density at radius 3 is 0.632 bits per heavy atom. The van der Waals surface area contributed by atoms with Crippen LogP contribution in [-0.4, -0.2) is 209 Å². The Hall–Kier alpha value is 5.44. The molecule has 0 unspecified atom stereocenters. The molecule has 0 fully saturated rings. The summed E-state index contributed by atoms with van der Waals surface area (Å²) in [5, 5.41) is 0. The minimum atomic E-state index is -4.67. The van der Waals surface area contributed by atoms with E-state index in [0.29, 0.717) is 0 Å². The maximum absolute atomic E-state index is 8.88. The first-order chi connectivity index (χ1) is 6.00. The molecule has 0 rings (SSSR count). The van der Waals surface area contributed by atoms with Crippen LogP contribution in [0.1, 0.15) is 0 Å². The summed E-state index contributed by atoms with van der Waals surface area (Å²) in [7, 11) is -13.9. The normalized spacial score (nSPS) is 9.26. The Kier molecular flexibility index (Phi) is 49.9. The number of hydrogen-bond donors (Lipinski definition) is 8. The number of phosphoric acid groups is 2. The minimum absolute atomic E-state index is 0. The molecule has 19 heavy (non-hydrogen) atoms. The third-order valence-corrected chi connectivity index (χ3v) is 0. The van der Waals surface area contributed by atoms with Crippen LogP contribution < -0.4 is 0 Å². The monoisotopic (exact) mass is 560 g/mol. The van der Waals surface area contributed by atoms with E-state index < -0.39 is 26.0 Å². The molecule has 19 heteroatoms. The molecule has 0 atom stereocenters. The average molecular weight is 560 g/mol. The first-order valence-corrected chi connectivity index (χ1v) is 6.79. The zero-order valence-corrected chi connectivity index (χ0v) is 9.12. The van der Waals surface area contributed by atoms with E-state index in [0.717, 1.165) is 0 Å². The Morgan fingerprint density at radius 2 is 0.632 bits per heavy atom. The van der Waals surface area contributed by atoms with Crippen LogP contribution in [0.4, 0.5) is 0 Å². The third kappa shape index (κ3) is 364. The Balaban J connectivity index is -0.0000000206. The Labute approximate surface area is 238 Å². The van der Waals surface area contributed by atoms with Crippen LogP contribution >= 0.6 is 15.6 Å². The van der Waals surface area contributed by atoms with E-state index in [1.807, 2.05) is 0 Å². The quantitative estimate of drug-likeness (QED) is 0.0787. The van der Waals surface area contributed by atoms with Crippen LogP contribution in [0.15, 0.2) is 0 Å². The number of rotatable bonds is 0. The molecule has 8 N–H and O–H groups in total. The van der Waals surface area contributed by atoms with E-state index in [1.165, 1.54) is 0 Å². The van der Waals surface area contributed by atoms with Gasteiger partial charge in [0.2, 0.25) is 0 Å². The van der Waals surface area contributed by atoms with Crippen molar-refractivity contribution in [2.45, 2.75) is 0 Å². The van der Waals surface area contributed by atoms with Crippen LogP contribution in [0.25, 0.3) is 0 Å². The summed E-state index contributed by atoms with van der Waals surface area (Å²) in [5.41, 5.74) is 0. The molecule has 0 aliphatic rings. The van der Waals surface area contributed by atoms with Gasteiger partial charge in [0.05, 0.1) is 0 Å². The van der Waals surface area contributed by atoms with Gasteiger partial charge in [0.1, 0.15) is 0 Å². The average Bonchev–Trinajstić information content (AvgIpc) is 1.41. The molecule has 0 aliphatic heterocycles. The first kappa shape index (κ1) is 44.1. The molecule has 0 amide bonds. The summed E-state index contributed by atoms with van der Waals surface area (Å²) in [6.45, 7) is 0. The summed E-state index contributed by atoms with van der Waals surface area (Å²) < 4.78 is 49.3. The van der Waals surface area contributed by atoms with Crippen molar-refractivity contribution in [2.24, 2.45) is 0 Å². The molecular weight excluding hydrogens is 544 g/mol. The van der Waals surface area contributed by atoms with Crippen molar-refractivity contribution in [3.63, 3.8) is 0 Å². The van der Waals surface area contributed by atoms with Gasteiger partial charge < -0.3 is 29.4 Å². The summed E-state index contributed by atoms with van der Waals surface area (Å²) >= 11 is 0. The van der Waals surface area contributed by atoms with Crippen molar-refractivity contribution < 1.29 is 56.0 Å². The molecule has 0 saturated carbocycles. The van der Waals surface area contributed by atoms with Gasteiger partial charge in [-0.15, -0.1) is 0 Å². The van der Waals surface area contributed by atoms with Gasteiger partial charge in [-0.2, -0.15) is 8.42 Å². The van der Waals surface area contributed by atoms with E-state index in [9.17, 15) is 0 Å². The molecule has 0 aromatic heterocycles. The Morgan fingerprint density at radius 1 is 0.632 bits per heavy atom. The molecular formula is H16BaCa3O12P2S. The second kappa shape index (κ2) is 21.5. The van der Waals surface area contributed by atoms with Gasteiger partial charge in [-0.3, -0.25) is 9.11 Å². The van der Waals surface area contributed by atoms with Crippen molar-refractivity contribution >= 4 is 188 Å².